The number of halogens is 1. The van der Waals surface area contributed by atoms with E-state index >= 15 is 0 Å². The van der Waals surface area contributed by atoms with Crippen LogP contribution in [0.15, 0.2) is 12.1 Å². The number of carbonyl (C=O) groups is 1. The lowest BCUT2D eigenvalue weighted by Crippen LogP contribution is -2.45. The van der Waals surface area contributed by atoms with Gasteiger partial charge in [-0.3, -0.25) is 0 Å². The van der Waals surface area contributed by atoms with Crippen molar-refractivity contribution < 1.29 is 14.3 Å². The fourth-order valence-electron chi connectivity index (χ4n) is 3.46. The highest BCUT2D eigenvalue weighted by Crippen LogP contribution is 2.34. The van der Waals surface area contributed by atoms with E-state index in [0.717, 1.165) is 31.7 Å². The van der Waals surface area contributed by atoms with Gasteiger partial charge in [-0.1, -0.05) is 11.6 Å². The van der Waals surface area contributed by atoms with Crippen LogP contribution in [-0.4, -0.2) is 48.9 Å². The van der Waals surface area contributed by atoms with Gasteiger partial charge >= 0.3 is 6.09 Å². The van der Waals surface area contributed by atoms with E-state index in [1.807, 2.05) is 32.9 Å². The summed E-state index contributed by atoms with van der Waals surface area (Å²) in [7, 11) is 0. The number of ether oxygens (including phenoxy) is 2. The fraction of sp³-hybridized carbons (Fsp3) is 0.632. The summed E-state index contributed by atoms with van der Waals surface area (Å²) in [6.45, 7) is 11.4. The zero-order valence-corrected chi connectivity index (χ0v) is 16.2. The molecule has 25 heavy (non-hydrogen) atoms. The molecule has 0 aromatic heterocycles. The Morgan fingerprint density at radius 1 is 1.32 bits per heavy atom. The summed E-state index contributed by atoms with van der Waals surface area (Å²) in [4.78, 5) is 16.5. The molecule has 6 heteroatoms. The molecule has 0 bridgehead atoms. The number of fused-ring (bicyclic) bond motifs is 1. The molecule has 0 radical (unpaired) electrons. The van der Waals surface area contributed by atoms with Crippen molar-refractivity contribution in [2.24, 2.45) is 0 Å². The van der Waals surface area contributed by atoms with Gasteiger partial charge in [0.25, 0.3) is 0 Å². The monoisotopic (exact) mass is 366 g/mol. The van der Waals surface area contributed by atoms with Gasteiger partial charge in [0.15, 0.2) is 0 Å². The van der Waals surface area contributed by atoms with Crippen LogP contribution in [0, 0.1) is 0 Å². The molecule has 1 aromatic rings. The third kappa shape index (κ3) is 4.21. The molecule has 1 atom stereocenters. The topological polar surface area (TPSA) is 42.0 Å². The number of hydrogen-bond donors (Lipinski definition) is 0. The minimum absolute atomic E-state index is 0.264. The van der Waals surface area contributed by atoms with Gasteiger partial charge in [0, 0.05) is 36.4 Å². The molecular formula is C19H27ClN2O3. The molecule has 0 spiro atoms. The van der Waals surface area contributed by atoms with Gasteiger partial charge in [-0.05, 0) is 57.4 Å². The van der Waals surface area contributed by atoms with Crippen molar-refractivity contribution >= 4 is 23.4 Å². The quantitative estimate of drug-likeness (QED) is 0.756. The zero-order chi connectivity index (χ0) is 18.2. The van der Waals surface area contributed by atoms with Crippen LogP contribution in [0.4, 0.5) is 10.5 Å². The van der Waals surface area contributed by atoms with Crippen LogP contribution >= 0.6 is 11.6 Å². The maximum absolute atomic E-state index is 12.4. The highest BCUT2D eigenvalue weighted by Gasteiger charge is 2.29. The second kappa shape index (κ2) is 7.04. The Morgan fingerprint density at radius 3 is 2.76 bits per heavy atom. The van der Waals surface area contributed by atoms with Crippen molar-refractivity contribution in [2.45, 2.75) is 52.3 Å². The summed E-state index contributed by atoms with van der Waals surface area (Å²) in [5.74, 6) is 0. The van der Waals surface area contributed by atoms with Crippen LogP contribution in [0.25, 0.3) is 0 Å². The van der Waals surface area contributed by atoms with Crippen LogP contribution < -0.4 is 4.90 Å². The molecule has 3 rings (SSSR count). The Hall–Kier alpha value is -1.46. The van der Waals surface area contributed by atoms with Crippen LogP contribution in [0.2, 0.25) is 5.02 Å². The average Bonchev–Trinajstić information content (AvgIpc) is 2.52. The van der Waals surface area contributed by atoms with E-state index < -0.39 is 5.60 Å². The minimum Gasteiger partial charge on any atom is -0.444 e. The van der Waals surface area contributed by atoms with Crippen LogP contribution in [-0.2, 0) is 22.4 Å². The van der Waals surface area contributed by atoms with Gasteiger partial charge in [-0.15, -0.1) is 0 Å². The summed E-state index contributed by atoms with van der Waals surface area (Å²) in [6, 6.07) is 4.34. The van der Waals surface area contributed by atoms with E-state index in [1.165, 1.54) is 11.3 Å². The summed E-state index contributed by atoms with van der Waals surface area (Å²) in [6.07, 6.45) is 0.546. The summed E-state index contributed by atoms with van der Waals surface area (Å²) in [5.41, 5.74) is 3.10. The van der Waals surface area contributed by atoms with E-state index in [4.69, 9.17) is 21.1 Å². The van der Waals surface area contributed by atoms with E-state index in [1.54, 1.807) is 4.90 Å². The van der Waals surface area contributed by atoms with Crippen molar-refractivity contribution in [3.05, 3.63) is 28.3 Å². The minimum atomic E-state index is -0.486. The number of hydrogen-bond acceptors (Lipinski definition) is 4. The molecule has 2 heterocycles. The standard InChI is InChI=1S/C19H27ClN2O3/c1-13-12-24-8-7-22(13)17-10-15(20)9-14-11-21(6-5-16(14)17)18(23)25-19(2,3)4/h9-10,13H,5-8,11-12H2,1-4H3. The van der Waals surface area contributed by atoms with Crippen LogP contribution in [0.3, 0.4) is 0 Å². The lowest BCUT2D eigenvalue weighted by molar-refractivity contribution is 0.0224. The number of anilines is 1. The van der Waals surface area contributed by atoms with Crippen molar-refractivity contribution in [2.75, 3.05) is 31.2 Å². The molecule has 0 N–H and O–H groups in total. The third-order valence-electron chi connectivity index (χ3n) is 4.61. The third-order valence-corrected chi connectivity index (χ3v) is 4.82. The number of rotatable bonds is 1. The highest BCUT2D eigenvalue weighted by atomic mass is 35.5. The predicted molar refractivity (Wildman–Crippen MR) is 99.4 cm³/mol. The molecule has 0 saturated carbocycles. The molecule has 2 aliphatic heterocycles. The van der Waals surface area contributed by atoms with E-state index in [9.17, 15) is 4.79 Å². The largest absolute Gasteiger partial charge is 0.444 e. The molecule has 1 fully saturated rings. The molecular weight excluding hydrogens is 340 g/mol. The van der Waals surface area contributed by atoms with Gasteiger partial charge < -0.3 is 19.3 Å². The normalized spacial score (nSPS) is 21.1. The summed E-state index contributed by atoms with van der Waals surface area (Å²) >= 11 is 6.39. The van der Waals surface area contributed by atoms with Gasteiger partial charge in [-0.2, -0.15) is 0 Å². The molecule has 1 amide bonds. The van der Waals surface area contributed by atoms with Crippen molar-refractivity contribution in [3.63, 3.8) is 0 Å². The maximum Gasteiger partial charge on any atom is 0.410 e. The second-order valence-electron chi connectivity index (χ2n) is 7.83. The van der Waals surface area contributed by atoms with Crippen molar-refractivity contribution in [3.8, 4) is 0 Å². The highest BCUT2D eigenvalue weighted by molar-refractivity contribution is 6.31. The Kier molecular flexibility index (Phi) is 5.16. The number of benzene rings is 1. The Bertz CT molecular complexity index is 657. The number of amides is 1. The molecule has 1 saturated heterocycles. The first-order chi connectivity index (χ1) is 11.7. The summed E-state index contributed by atoms with van der Waals surface area (Å²) in [5, 5.41) is 0.707. The molecule has 1 aromatic carbocycles. The predicted octanol–water partition coefficient (Wildman–Crippen LogP) is 3.86. The number of carbonyl (C=O) groups excluding carboxylic acids is 1. The second-order valence-corrected chi connectivity index (χ2v) is 8.27. The average molecular weight is 367 g/mol. The van der Waals surface area contributed by atoms with Crippen molar-refractivity contribution in [1.82, 2.24) is 4.90 Å². The van der Waals surface area contributed by atoms with Gasteiger partial charge in [0.1, 0.15) is 5.60 Å². The van der Waals surface area contributed by atoms with Crippen LogP contribution in [0.1, 0.15) is 38.8 Å². The lowest BCUT2D eigenvalue weighted by Gasteiger charge is -2.39. The van der Waals surface area contributed by atoms with Crippen LogP contribution in [0.5, 0.6) is 0 Å². The first-order valence-corrected chi connectivity index (χ1v) is 9.26. The van der Waals surface area contributed by atoms with Gasteiger partial charge in [0.05, 0.1) is 13.2 Å². The Balaban J connectivity index is 1.85. The molecule has 0 aliphatic carbocycles. The fourth-order valence-corrected chi connectivity index (χ4v) is 3.70. The Labute approximate surface area is 154 Å². The van der Waals surface area contributed by atoms with Gasteiger partial charge in [0.2, 0.25) is 0 Å². The molecule has 2 aliphatic rings. The van der Waals surface area contributed by atoms with E-state index in [0.29, 0.717) is 24.2 Å². The van der Waals surface area contributed by atoms with Crippen molar-refractivity contribution in [1.29, 1.82) is 0 Å². The SMILES string of the molecule is CC1COCCN1c1cc(Cl)cc2c1CCN(C(=O)OC(C)(C)C)C2. The summed E-state index contributed by atoms with van der Waals surface area (Å²) < 4.78 is 11.1. The van der Waals surface area contributed by atoms with E-state index in [-0.39, 0.29) is 6.09 Å². The molecule has 5 nitrogen and oxygen atoms in total. The number of nitrogens with zero attached hydrogens (tertiary/aromatic N) is 2. The van der Waals surface area contributed by atoms with Gasteiger partial charge in [-0.25, -0.2) is 4.79 Å². The smallest absolute Gasteiger partial charge is 0.410 e. The molecule has 1 unspecified atom stereocenters. The first-order valence-electron chi connectivity index (χ1n) is 8.88. The first kappa shape index (κ1) is 18.3. The molecule has 138 valence electrons. The van der Waals surface area contributed by atoms with E-state index in [2.05, 4.69) is 11.8 Å². The zero-order valence-electron chi connectivity index (χ0n) is 15.5. The number of morpholine rings is 1. The Morgan fingerprint density at radius 2 is 2.08 bits per heavy atom. The lowest BCUT2D eigenvalue weighted by atomic mass is 9.96. The maximum atomic E-state index is 12.4.